The topological polar surface area (TPSA) is 15.6 Å². The Hall–Kier alpha value is -1.31. The van der Waals surface area contributed by atoms with Crippen LogP contribution in [0, 0.1) is 6.92 Å². The number of hydrogen-bond acceptors (Lipinski definition) is 2. The van der Waals surface area contributed by atoms with E-state index in [0.717, 1.165) is 6.42 Å². The van der Waals surface area contributed by atoms with Crippen LogP contribution in [0.4, 0.5) is 0 Å². The van der Waals surface area contributed by atoms with Crippen LogP contribution in [0.2, 0.25) is 0 Å². The minimum absolute atomic E-state index is 0.440. The van der Waals surface area contributed by atoms with E-state index in [0.29, 0.717) is 6.04 Å². The van der Waals surface area contributed by atoms with Gasteiger partial charge in [0.25, 0.3) is 0 Å². The van der Waals surface area contributed by atoms with E-state index in [4.69, 9.17) is 0 Å². The molecule has 0 saturated carbocycles. The second-order valence-electron chi connectivity index (χ2n) is 4.04. The third-order valence-electron chi connectivity index (χ3n) is 2.70. The summed E-state index contributed by atoms with van der Waals surface area (Å²) in [5.74, 6) is 0. The number of nitrogens with zero attached hydrogens (tertiary/aromatic N) is 2. The van der Waals surface area contributed by atoms with Crippen LogP contribution in [0.25, 0.3) is 0 Å². The van der Waals surface area contributed by atoms with Crippen molar-refractivity contribution in [3.8, 4) is 0 Å². The van der Waals surface area contributed by atoms with Gasteiger partial charge in [0.1, 0.15) is 0 Å². The Bertz CT molecular complexity index is 368. The van der Waals surface area contributed by atoms with Crippen molar-refractivity contribution in [2.45, 2.75) is 26.3 Å². The summed E-state index contributed by atoms with van der Waals surface area (Å²) < 4.78 is 0. The molecule has 0 fully saturated rings. The highest BCUT2D eigenvalue weighted by molar-refractivity contribution is 5.83. The Morgan fingerprint density at radius 3 is 2.71 bits per heavy atom. The van der Waals surface area contributed by atoms with E-state index in [1.165, 1.54) is 16.8 Å². The summed E-state index contributed by atoms with van der Waals surface area (Å²) >= 11 is 0. The summed E-state index contributed by atoms with van der Waals surface area (Å²) in [6, 6.07) is 9.12. The first-order chi connectivity index (χ1) is 6.66. The molecule has 1 aromatic rings. The fourth-order valence-electron chi connectivity index (χ4n) is 2.00. The highest BCUT2D eigenvalue weighted by atomic mass is 15.5. The Labute approximate surface area is 85.2 Å². The Kier molecular flexibility index (Phi) is 2.28. The van der Waals surface area contributed by atoms with Gasteiger partial charge in [-0.1, -0.05) is 29.8 Å². The summed E-state index contributed by atoms with van der Waals surface area (Å²) in [5.41, 5.74) is 3.91. The standard InChI is InChI=1S/C12H16N2/c1-9-5-4-6-11(7-9)12-8-10(2)13-14(12)3/h4-7,12H,8H2,1-3H3. The maximum absolute atomic E-state index is 4.43. The normalized spacial score (nSPS) is 21.2. The fourth-order valence-corrected chi connectivity index (χ4v) is 2.00. The molecule has 1 aliphatic heterocycles. The molecule has 0 amide bonds. The van der Waals surface area contributed by atoms with Gasteiger partial charge in [-0.25, -0.2) is 0 Å². The van der Waals surface area contributed by atoms with Crippen molar-refractivity contribution < 1.29 is 0 Å². The molecule has 1 atom stereocenters. The molecule has 0 spiro atoms. The molecule has 0 saturated heterocycles. The predicted molar refractivity (Wildman–Crippen MR) is 59.4 cm³/mol. The molecule has 0 bridgehead atoms. The average Bonchev–Trinajstić information content (AvgIpc) is 2.45. The minimum Gasteiger partial charge on any atom is -0.292 e. The van der Waals surface area contributed by atoms with Crippen LogP contribution in [0.15, 0.2) is 29.4 Å². The van der Waals surface area contributed by atoms with Crippen molar-refractivity contribution in [2.75, 3.05) is 7.05 Å². The third kappa shape index (κ3) is 1.65. The average molecular weight is 188 g/mol. The molecular formula is C12H16N2. The van der Waals surface area contributed by atoms with Gasteiger partial charge in [-0.15, -0.1) is 0 Å². The van der Waals surface area contributed by atoms with Crippen LogP contribution in [0.1, 0.15) is 30.5 Å². The SMILES string of the molecule is CC1=NN(C)C(c2cccc(C)c2)C1. The zero-order valence-corrected chi connectivity index (χ0v) is 8.99. The van der Waals surface area contributed by atoms with E-state index >= 15 is 0 Å². The molecule has 2 rings (SSSR count). The van der Waals surface area contributed by atoms with Gasteiger partial charge in [0.2, 0.25) is 0 Å². The van der Waals surface area contributed by atoms with Crippen LogP contribution in [-0.4, -0.2) is 17.8 Å². The fraction of sp³-hybridized carbons (Fsp3) is 0.417. The van der Waals surface area contributed by atoms with Crippen LogP contribution in [0.3, 0.4) is 0 Å². The Morgan fingerprint density at radius 2 is 2.14 bits per heavy atom. The zero-order chi connectivity index (χ0) is 10.1. The van der Waals surface area contributed by atoms with Crippen LogP contribution < -0.4 is 0 Å². The van der Waals surface area contributed by atoms with Crippen LogP contribution in [0.5, 0.6) is 0 Å². The number of rotatable bonds is 1. The van der Waals surface area contributed by atoms with E-state index in [1.54, 1.807) is 0 Å². The maximum atomic E-state index is 4.43. The van der Waals surface area contributed by atoms with Gasteiger partial charge in [-0.05, 0) is 19.4 Å². The van der Waals surface area contributed by atoms with E-state index in [2.05, 4.69) is 48.2 Å². The Morgan fingerprint density at radius 1 is 1.36 bits per heavy atom. The van der Waals surface area contributed by atoms with Gasteiger partial charge < -0.3 is 0 Å². The lowest BCUT2D eigenvalue weighted by Crippen LogP contribution is -2.13. The molecule has 0 aromatic heterocycles. The summed E-state index contributed by atoms with van der Waals surface area (Å²) in [6.07, 6.45) is 1.06. The maximum Gasteiger partial charge on any atom is 0.0769 e. The predicted octanol–water partition coefficient (Wildman–Crippen LogP) is 2.75. The quantitative estimate of drug-likeness (QED) is 0.661. The van der Waals surface area contributed by atoms with Crippen LogP contribution >= 0.6 is 0 Å². The number of hydrazone groups is 1. The van der Waals surface area contributed by atoms with E-state index in [-0.39, 0.29) is 0 Å². The molecular weight excluding hydrogens is 172 g/mol. The van der Waals surface area contributed by atoms with Gasteiger partial charge >= 0.3 is 0 Å². The first kappa shape index (κ1) is 9.25. The van der Waals surface area contributed by atoms with E-state index in [1.807, 2.05) is 7.05 Å². The highest BCUT2D eigenvalue weighted by Gasteiger charge is 2.22. The molecule has 0 aliphatic carbocycles. The van der Waals surface area contributed by atoms with Crippen molar-refractivity contribution in [3.05, 3.63) is 35.4 Å². The van der Waals surface area contributed by atoms with E-state index < -0.39 is 0 Å². The van der Waals surface area contributed by atoms with Crippen molar-refractivity contribution in [3.63, 3.8) is 0 Å². The van der Waals surface area contributed by atoms with Gasteiger partial charge in [0.05, 0.1) is 6.04 Å². The second kappa shape index (κ2) is 3.45. The lowest BCUT2D eigenvalue weighted by atomic mass is 10.0. The van der Waals surface area contributed by atoms with Gasteiger partial charge in [0, 0.05) is 19.2 Å². The molecule has 1 heterocycles. The molecule has 1 aromatic carbocycles. The molecule has 2 nitrogen and oxygen atoms in total. The summed E-state index contributed by atoms with van der Waals surface area (Å²) in [7, 11) is 2.05. The summed E-state index contributed by atoms with van der Waals surface area (Å²) in [5, 5.41) is 6.49. The highest BCUT2D eigenvalue weighted by Crippen LogP contribution is 2.29. The molecule has 0 N–H and O–H groups in total. The molecule has 1 unspecified atom stereocenters. The van der Waals surface area contributed by atoms with Gasteiger partial charge in [-0.3, -0.25) is 5.01 Å². The third-order valence-corrected chi connectivity index (χ3v) is 2.70. The molecule has 74 valence electrons. The molecule has 14 heavy (non-hydrogen) atoms. The van der Waals surface area contributed by atoms with Crippen molar-refractivity contribution >= 4 is 5.71 Å². The summed E-state index contributed by atoms with van der Waals surface area (Å²) in [6.45, 7) is 4.22. The number of aryl methyl sites for hydroxylation is 1. The van der Waals surface area contributed by atoms with Gasteiger partial charge in [0.15, 0.2) is 0 Å². The number of benzene rings is 1. The first-order valence-corrected chi connectivity index (χ1v) is 5.00. The van der Waals surface area contributed by atoms with Crippen LogP contribution in [-0.2, 0) is 0 Å². The van der Waals surface area contributed by atoms with Crippen molar-refractivity contribution in [1.29, 1.82) is 0 Å². The Balaban J connectivity index is 2.25. The monoisotopic (exact) mass is 188 g/mol. The van der Waals surface area contributed by atoms with Crippen molar-refractivity contribution in [1.82, 2.24) is 5.01 Å². The molecule has 2 heteroatoms. The molecule has 1 aliphatic rings. The van der Waals surface area contributed by atoms with Crippen molar-refractivity contribution in [2.24, 2.45) is 5.10 Å². The smallest absolute Gasteiger partial charge is 0.0769 e. The molecule has 0 radical (unpaired) electrons. The second-order valence-corrected chi connectivity index (χ2v) is 4.04. The summed E-state index contributed by atoms with van der Waals surface area (Å²) in [4.78, 5) is 0. The number of hydrogen-bond donors (Lipinski definition) is 0. The minimum atomic E-state index is 0.440. The van der Waals surface area contributed by atoms with Gasteiger partial charge in [-0.2, -0.15) is 5.10 Å². The lowest BCUT2D eigenvalue weighted by Gasteiger charge is -2.19. The zero-order valence-electron chi connectivity index (χ0n) is 8.99. The first-order valence-electron chi connectivity index (χ1n) is 5.00. The largest absolute Gasteiger partial charge is 0.292 e. The van der Waals surface area contributed by atoms with E-state index in [9.17, 15) is 0 Å². The lowest BCUT2D eigenvalue weighted by molar-refractivity contribution is 0.290.